The Morgan fingerprint density at radius 1 is 0.939 bits per heavy atom. The quantitative estimate of drug-likeness (QED) is 0.480. The molecule has 1 atom stereocenters. The summed E-state index contributed by atoms with van der Waals surface area (Å²) in [5, 5.41) is 5.08. The SMILES string of the molecule is COC(=O)[C@H](Cc1ccccc1)NC(=O)COC(=O)c1ccccc1NC(=O)c1ccco1. The summed E-state index contributed by atoms with van der Waals surface area (Å²) in [6.45, 7) is -0.623. The molecule has 33 heavy (non-hydrogen) atoms. The summed E-state index contributed by atoms with van der Waals surface area (Å²) in [7, 11) is 1.22. The van der Waals surface area contributed by atoms with Crippen LogP contribution in [0.25, 0.3) is 0 Å². The van der Waals surface area contributed by atoms with E-state index in [4.69, 9.17) is 13.9 Å². The van der Waals surface area contributed by atoms with E-state index in [0.717, 1.165) is 5.56 Å². The molecule has 0 fully saturated rings. The van der Waals surface area contributed by atoms with E-state index in [-0.39, 0.29) is 23.4 Å². The molecule has 2 N–H and O–H groups in total. The van der Waals surface area contributed by atoms with Crippen molar-refractivity contribution in [2.24, 2.45) is 0 Å². The van der Waals surface area contributed by atoms with Gasteiger partial charge < -0.3 is 24.5 Å². The number of para-hydroxylation sites is 1. The molecule has 170 valence electrons. The van der Waals surface area contributed by atoms with E-state index in [1.54, 1.807) is 18.2 Å². The smallest absolute Gasteiger partial charge is 0.340 e. The zero-order valence-electron chi connectivity index (χ0n) is 17.8. The Labute approximate surface area is 189 Å². The largest absolute Gasteiger partial charge is 0.467 e. The molecular weight excluding hydrogens is 428 g/mol. The van der Waals surface area contributed by atoms with Crippen LogP contribution in [0.3, 0.4) is 0 Å². The Balaban J connectivity index is 1.60. The number of methoxy groups -OCH3 is 1. The van der Waals surface area contributed by atoms with Gasteiger partial charge in [-0.25, -0.2) is 9.59 Å². The number of esters is 2. The highest BCUT2D eigenvalue weighted by molar-refractivity contribution is 6.06. The third-order valence-corrected chi connectivity index (χ3v) is 4.58. The molecule has 9 heteroatoms. The third-order valence-electron chi connectivity index (χ3n) is 4.58. The van der Waals surface area contributed by atoms with Gasteiger partial charge in [0.05, 0.1) is 24.6 Å². The van der Waals surface area contributed by atoms with Crippen LogP contribution in [0.4, 0.5) is 5.69 Å². The van der Waals surface area contributed by atoms with Crippen molar-refractivity contribution in [1.29, 1.82) is 0 Å². The van der Waals surface area contributed by atoms with Crippen molar-refractivity contribution in [3.05, 3.63) is 89.9 Å². The lowest BCUT2D eigenvalue weighted by Gasteiger charge is -2.17. The van der Waals surface area contributed by atoms with Crippen LogP contribution < -0.4 is 10.6 Å². The van der Waals surface area contributed by atoms with E-state index in [1.165, 1.54) is 31.6 Å². The average molecular weight is 450 g/mol. The molecule has 0 bridgehead atoms. The Morgan fingerprint density at radius 2 is 1.67 bits per heavy atom. The third kappa shape index (κ3) is 6.54. The van der Waals surface area contributed by atoms with Gasteiger partial charge in [0.15, 0.2) is 12.4 Å². The van der Waals surface area contributed by atoms with Crippen molar-refractivity contribution < 1.29 is 33.1 Å². The number of rotatable bonds is 9. The Hall–Kier alpha value is -4.40. The fourth-order valence-corrected chi connectivity index (χ4v) is 2.99. The first-order valence-electron chi connectivity index (χ1n) is 10.00. The number of anilines is 1. The predicted octanol–water partition coefficient (Wildman–Crippen LogP) is 2.59. The van der Waals surface area contributed by atoms with Crippen molar-refractivity contribution in [1.82, 2.24) is 5.32 Å². The second-order valence-electron chi connectivity index (χ2n) is 6.89. The number of hydrogen-bond donors (Lipinski definition) is 2. The average Bonchev–Trinajstić information content (AvgIpc) is 3.38. The molecule has 0 aliphatic rings. The van der Waals surface area contributed by atoms with Crippen molar-refractivity contribution in [3.8, 4) is 0 Å². The summed E-state index contributed by atoms with van der Waals surface area (Å²) >= 11 is 0. The van der Waals surface area contributed by atoms with Gasteiger partial charge in [0.2, 0.25) is 0 Å². The number of ether oxygens (including phenoxy) is 2. The summed E-state index contributed by atoms with van der Waals surface area (Å²) in [5.41, 5.74) is 1.08. The van der Waals surface area contributed by atoms with E-state index in [9.17, 15) is 19.2 Å². The molecule has 9 nitrogen and oxygen atoms in total. The fraction of sp³-hybridized carbons (Fsp3) is 0.167. The van der Waals surface area contributed by atoms with Crippen molar-refractivity contribution in [2.75, 3.05) is 19.0 Å². The highest BCUT2D eigenvalue weighted by Gasteiger charge is 2.23. The number of amides is 2. The number of carbonyl (C=O) groups is 4. The standard InChI is InChI=1S/C24H22N2O7/c1-31-24(30)19(14-16-8-3-2-4-9-16)25-21(27)15-33-23(29)17-10-5-6-11-18(17)26-22(28)20-12-7-13-32-20/h2-13,19H,14-15H2,1H3,(H,25,27)(H,26,28)/t19-/m0/s1. The first-order chi connectivity index (χ1) is 16.0. The molecule has 2 amide bonds. The van der Waals surface area contributed by atoms with Crippen molar-refractivity contribution in [3.63, 3.8) is 0 Å². The lowest BCUT2D eigenvalue weighted by molar-refractivity contribution is -0.145. The maximum Gasteiger partial charge on any atom is 0.340 e. The fourth-order valence-electron chi connectivity index (χ4n) is 2.99. The van der Waals surface area contributed by atoms with Gasteiger partial charge in [0.1, 0.15) is 6.04 Å². The monoisotopic (exact) mass is 450 g/mol. The Morgan fingerprint density at radius 3 is 2.36 bits per heavy atom. The highest BCUT2D eigenvalue weighted by Crippen LogP contribution is 2.17. The maximum absolute atomic E-state index is 12.5. The van der Waals surface area contributed by atoms with Gasteiger partial charge in [-0.3, -0.25) is 9.59 Å². The molecule has 0 saturated carbocycles. The van der Waals surface area contributed by atoms with Gasteiger partial charge >= 0.3 is 11.9 Å². The van der Waals surface area contributed by atoms with E-state index >= 15 is 0 Å². The number of benzene rings is 2. The van der Waals surface area contributed by atoms with Gasteiger partial charge in [-0.15, -0.1) is 0 Å². The van der Waals surface area contributed by atoms with Gasteiger partial charge in [-0.1, -0.05) is 42.5 Å². The first-order valence-corrected chi connectivity index (χ1v) is 10.00. The van der Waals surface area contributed by atoms with Crippen LogP contribution in [-0.2, 0) is 25.5 Å². The number of carbonyl (C=O) groups excluding carboxylic acids is 4. The molecule has 0 spiro atoms. The molecule has 1 heterocycles. The molecule has 3 aromatic rings. The highest BCUT2D eigenvalue weighted by atomic mass is 16.5. The topological polar surface area (TPSA) is 124 Å². The van der Waals surface area contributed by atoms with Gasteiger partial charge in [-0.05, 0) is 29.8 Å². The van der Waals surface area contributed by atoms with Crippen molar-refractivity contribution >= 4 is 29.4 Å². The van der Waals surface area contributed by atoms with Crippen LogP contribution in [0.5, 0.6) is 0 Å². The number of hydrogen-bond acceptors (Lipinski definition) is 7. The summed E-state index contributed by atoms with van der Waals surface area (Å²) in [4.78, 5) is 49.2. The Kier molecular flexibility index (Phi) is 7.96. The van der Waals surface area contributed by atoms with Crippen LogP contribution in [-0.4, -0.2) is 43.5 Å². The van der Waals surface area contributed by atoms with E-state index in [0.29, 0.717) is 0 Å². The molecule has 2 aromatic carbocycles. The lowest BCUT2D eigenvalue weighted by atomic mass is 10.1. The van der Waals surface area contributed by atoms with Crippen molar-refractivity contribution in [2.45, 2.75) is 12.5 Å². The summed E-state index contributed by atoms with van der Waals surface area (Å²) < 4.78 is 14.9. The van der Waals surface area contributed by atoms with Crippen LogP contribution in [0, 0.1) is 0 Å². The van der Waals surface area contributed by atoms with E-state index in [1.807, 2.05) is 30.3 Å². The zero-order chi connectivity index (χ0) is 23.6. The first kappa shape index (κ1) is 23.3. The minimum absolute atomic E-state index is 0.0546. The molecule has 1 aromatic heterocycles. The number of nitrogens with one attached hydrogen (secondary N) is 2. The molecule has 0 saturated heterocycles. The molecule has 0 aliphatic heterocycles. The van der Waals surface area contributed by atoms with Gasteiger partial charge in [-0.2, -0.15) is 0 Å². The summed E-state index contributed by atoms with van der Waals surface area (Å²) in [6, 6.07) is 17.4. The second-order valence-corrected chi connectivity index (χ2v) is 6.89. The normalized spacial score (nSPS) is 11.2. The van der Waals surface area contributed by atoms with Crippen LogP contribution in [0.1, 0.15) is 26.5 Å². The molecule has 0 unspecified atom stereocenters. The van der Waals surface area contributed by atoms with Gasteiger partial charge in [0.25, 0.3) is 11.8 Å². The Bertz CT molecular complexity index is 1110. The van der Waals surface area contributed by atoms with Crippen LogP contribution >= 0.6 is 0 Å². The minimum Gasteiger partial charge on any atom is -0.467 e. The molecular formula is C24H22N2O7. The van der Waals surface area contributed by atoms with E-state index < -0.39 is 36.4 Å². The predicted molar refractivity (Wildman–Crippen MR) is 117 cm³/mol. The molecule has 0 aliphatic carbocycles. The minimum atomic E-state index is -0.941. The summed E-state index contributed by atoms with van der Waals surface area (Å²) in [6.07, 6.45) is 1.57. The maximum atomic E-state index is 12.5. The van der Waals surface area contributed by atoms with E-state index in [2.05, 4.69) is 10.6 Å². The van der Waals surface area contributed by atoms with Crippen LogP contribution in [0.15, 0.2) is 77.4 Å². The van der Waals surface area contributed by atoms with Gasteiger partial charge in [0, 0.05) is 6.42 Å². The number of furan rings is 1. The second kappa shape index (κ2) is 11.3. The van der Waals surface area contributed by atoms with Crippen LogP contribution in [0.2, 0.25) is 0 Å². The zero-order valence-corrected chi connectivity index (χ0v) is 17.8. The molecule has 3 rings (SSSR count). The molecule has 0 radical (unpaired) electrons. The lowest BCUT2D eigenvalue weighted by Crippen LogP contribution is -2.44. The summed E-state index contributed by atoms with van der Waals surface area (Å²) in [5.74, 6) is -2.58.